The summed E-state index contributed by atoms with van der Waals surface area (Å²) >= 11 is 13.4. The van der Waals surface area contributed by atoms with Gasteiger partial charge in [0.1, 0.15) is 0 Å². The maximum atomic E-state index is 6.71. The zero-order chi connectivity index (χ0) is 13.4. The number of unbranched alkanes of at least 4 members (excludes halogenated alkanes) is 2. The van der Waals surface area contributed by atoms with Gasteiger partial charge in [-0.1, -0.05) is 53.4 Å². The molecule has 0 heterocycles. The molecule has 0 aliphatic rings. The normalized spacial score (nSPS) is 18.7. The minimum absolute atomic E-state index is 0.974. The first kappa shape index (κ1) is 18.0. The van der Waals surface area contributed by atoms with Gasteiger partial charge < -0.3 is 4.12 Å². The third kappa shape index (κ3) is 7.21. The second kappa shape index (κ2) is 8.97. The van der Waals surface area contributed by atoms with E-state index in [1.165, 1.54) is 25.7 Å². The Morgan fingerprint density at radius 1 is 0.765 bits per heavy atom. The fourth-order valence-corrected chi connectivity index (χ4v) is 12.7. The Kier molecular flexibility index (Phi) is 9.48. The quantitative estimate of drug-likeness (QED) is 0.354. The molecule has 0 aromatic carbocycles. The highest BCUT2D eigenvalue weighted by molar-refractivity contribution is 7.26. The minimum atomic E-state index is -2.05. The van der Waals surface area contributed by atoms with Crippen LogP contribution < -0.4 is 0 Å². The molecular formula is C12H28Cl2OSi2. The summed E-state index contributed by atoms with van der Waals surface area (Å²) in [4.78, 5) is 0. The predicted octanol–water partition coefficient (Wildman–Crippen LogP) is 6.01. The molecule has 0 aliphatic carbocycles. The van der Waals surface area contributed by atoms with Crippen molar-refractivity contribution in [3.05, 3.63) is 0 Å². The van der Waals surface area contributed by atoms with Crippen molar-refractivity contribution in [2.24, 2.45) is 0 Å². The third-order valence-electron chi connectivity index (χ3n) is 3.23. The maximum absolute atomic E-state index is 6.71. The van der Waals surface area contributed by atoms with Gasteiger partial charge in [0.15, 0.2) is 0 Å². The van der Waals surface area contributed by atoms with Gasteiger partial charge in [-0.2, -0.15) is 0 Å². The van der Waals surface area contributed by atoms with Crippen molar-refractivity contribution in [3.8, 4) is 0 Å². The number of rotatable bonds is 10. The van der Waals surface area contributed by atoms with E-state index in [1.54, 1.807) is 0 Å². The smallest absolute Gasteiger partial charge is 0.280 e. The second-order valence-corrected chi connectivity index (χ2v) is 15.7. The second-order valence-electron chi connectivity index (χ2n) is 4.78. The first-order valence-corrected chi connectivity index (χ1v) is 13.7. The fourth-order valence-electron chi connectivity index (χ4n) is 1.81. The van der Waals surface area contributed by atoms with Crippen LogP contribution in [0.1, 0.15) is 53.4 Å². The third-order valence-corrected chi connectivity index (χ3v) is 14.6. The number of hydrogen-bond donors (Lipinski definition) is 0. The molecule has 0 bridgehead atoms. The van der Waals surface area contributed by atoms with Gasteiger partial charge in [0.2, 0.25) is 0 Å². The fraction of sp³-hybridized carbons (Fsp3) is 1.00. The molecule has 0 aromatic rings. The molecule has 2 atom stereocenters. The van der Waals surface area contributed by atoms with Gasteiger partial charge in [0, 0.05) is 0 Å². The Balaban J connectivity index is 4.47. The molecule has 0 radical (unpaired) electrons. The van der Waals surface area contributed by atoms with Gasteiger partial charge in [0.25, 0.3) is 15.3 Å². The van der Waals surface area contributed by atoms with Crippen LogP contribution in [-0.4, -0.2) is 15.3 Å². The monoisotopic (exact) mass is 314 g/mol. The van der Waals surface area contributed by atoms with Crippen molar-refractivity contribution in [2.45, 2.75) is 77.6 Å². The van der Waals surface area contributed by atoms with Gasteiger partial charge in [0.05, 0.1) is 0 Å². The minimum Gasteiger partial charge on any atom is -0.433 e. The van der Waals surface area contributed by atoms with E-state index >= 15 is 0 Å². The molecule has 0 aromatic heterocycles. The van der Waals surface area contributed by atoms with Gasteiger partial charge in [-0.05, 0) is 24.2 Å². The first-order chi connectivity index (χ1) is 7.95. The lowest BCUT2D eigenvalue weighted by atomic mass is 10.4. The molecule has 0 spiro atoms. The van der Waals surface area contributed by atoms with Crippen LogP contribution >= 0.6 is 22.2 Å². The van der Waals surface area contributed by atoms with Crippen LogP contribution in [0.25, 0.3) is 0 Å². The van der Waals surface area contributed by atoms with E-state index in [4.69, 9.17) is 26.3 Å². The highest BCUT2D eigenvalue weighted by Crippen LogP contribution is 2.34. The summed E-state index contributed by atoms with van der Waals surface area (Å²) in [5.74, 6) is 0. The molecule has 0 N–H and O–H groups in total. The summed E-state index contributed by atoms with van der Waals surface area (Å²) in [6, 6.07) is 4.05. The van der Waals surface area contributed by atoms with E-state index in [1.807, 2.05) is 0 Å². The summed E-state index contributed by atoms with van der Waals surface area (Å²) in [6.07, 6.45) is 4.70. The molecular weight excluding hydrogens is 287 g/mol. The standard InChI is InChI=1S/C12H28Cl2OSi2/c1-5-9-11-16(13,7-3)15-17(14,8-4)12-10-6-2/h5-12H2,1-4H3. The molecule has 17 heavy (non-hydrogen) atoms. The SMILES string of the molecule is CCCC[Si](Cl)(CC)O[Si](Cl)(CC)CCCC. The van der Waals surface area contributed by atoms with Crippen LogP contribution in [0.15, 0.2) is 0 Å². The summed E-state index contributed by atoms with van der Waals surface area (Å²) < 4.78 is 6.34. The highest BCUT2D eigenvalue weighted by atomic mass is 35.6. The van der Waals surface area contributed by atoms with Gasteiger partial charge >= 0.3 is 0 Å². The summed E-state index contributed by atoms with van der Waals surface area (Å²) in [5, 5.41) is 0. The van der Waals surface area contributed by atoms with E-state index in [0.29, 0.717) is 0 Å². The molecule has 0 rings (SSSR count). The van der Waals surface area contributed by atoms with Crippen molar-refractivity contribution in [3.63, 3.8) is 0 Å². The predicted molar refractivity (Wildman–Crippen MR) is 84.7 cm³/mol. The molecule has 0 aliphatic heterocycles. The maximum Gasteiger partial charge on any atom is 0.280 e. The molecule has 104 valence electrons. The Bertz CT molecular complexity index is 187. The number of hydrogen-bond acceptors (Lipinski definition) is 1. The summed E-state index contributed by atoms with van der Waals surface area (Å²) in [6.45, 7) is 8.69. The van der Waals surface area contributed by atoms with Crippen LogP contribution in [0.4, 0.5) is 0 Å². The zero-order valence-corrected chi connectivity index (χ0v) is 15.3. The van der Waals surface area contributed by atoms with E-state index < -0.39 is 15.3 Å². The largest absolute Gasteiger partial charge is 0.433 e. The van der Waals surface area contributed by atoms with Crippen LogP contribution in [0.3, 0.4) is 0 Å². The van der Waals surface area contributed by atoms with E-state index in [9.17, 15) is 0 Å². The molecule has 0 fully saturated rings. The molecule has 0 saturated heterocycles. The Morgan fingerprint density at radius 2 is 1.12 bits per heavy atom. The lowest BCUT2D eigenvalue weighted by molar-refractivity contribution is 0.543. The lowest BCUT2D eigenvalue weighted by Crippen LogP contribution is -2.44. The number of halogens is 2. The van der Waals surface area contributed by atoms with Crippen LogP contribution in [0.5, 0.6) is 0 Å². The van der Waals surface area contributed by atoms with Crippen LogP contribution in [0, 0.1) is 0 Å². The van der Waals surface area contributed by atoms with Gasteiger partial charge in [-0.25, -0.2) is 0 Å². The van der Waals surface area contributed by atoms with Crippen molar-refractivity contribution < 1.29 is 4.12 Å². The zero-order valence-electron chi connectivity index (χ0n) is 11.8. The van der Waals surface area contributed by atoms with E-state index in [2.05, 4.69) is 27.7 Å². The Labute approximate surface area is 119 Å². The van der Waals surface area contributed by atoms with Crippen molar-refractivity contribution in [1.82, 2.24) is 0 Å². The van der Waals surface area contributed by atoms with Gasteiger partial charge in [-0.3, -0.25) is 0 Å². The van der Waals surface area contributed by atoms with Crippen molar-refractivity contribution in [2.75, 3.05) is 0 Å². The molecule has 1 nitrogen and oxygen atoms in total. The summed E-state index contributed by atoms with van der Waals surface area (Å²) in [7, 11) is -4.10. The Hall–Kier alpha value is 0.974. The lowest BCUT2D eigenvalue weighted by Gasteiger charge is -2.33. The average molecular weight is 315 g/mol. The molecule has 2 unspecified atom stereocenters. The topological polar surface area (TPSA) is 9.23 Å². The average Bonchev–Trinajstić information content (AvgIpc) is 2.34. The van der Waals surface area contributed by atoms with Crippen molar-refractivity contribution in [1.29, 1.82) is 0 Å². The molecule has 0 saturated carbocycles. The first-order valence-electron chi connectivity index (χ1n) is 7.03. The van der Waals surface area contributed by atoms with Gasteiger partial charge in [-0.15, -0.1) is 22.2 Å². The molecule has 5 heteroatoms. The van der Waals surface area contributed by atoms with Crippen LogP contribution in [0.2, 0.25) is 24.2 Å². The Morgan fingerprint density at radius 3 is 1.35 bits per heavy atom. The van der Waals surface area contributed by atoms with E-state index in [0.717, 1.165) is 24.2 Å². The van der Waals surface area contributed by atoms with E-state index in [-0.39, 0.29) is 0 Å². The highest BCUT2D eigenvalue weighted by Gasteiger charge is 2.41. The van der Waals surface area contributed by atoms with Crippen molar-refractivity contribution >= 4 is 37.4 Å². The van der Waals surface area contributed by atoms with Crippen LogP contribution in [-0.2, 0) is 4.12 Å². The molecule has 0 amide bonds. The summed E-state index contributed by atoms with van der Waals surface area (Å²) in [5.41, 5.74) is 0.